The first-order chi connectivity index (χ1) is 11.8. The maximum absolute atomic E-state index is 5.47. The minimum Gasteiger partial charge on any atom is -0.494 e. The van der Waals surface area contributed by atoms with Crippen molar-refractivity contribution in [1.29, 1.82) is 0 Å². The van der Waals surface area contributed by atoms with Crippen molar-refractivity contribution in [3.8, 4) is 17.0 Å². The standard InChI is InChI=1S/C19H25N3OS/c1-2-23-17-8-6-16(7-9-17)18-10-11-19(21-20-18)24-15-14-22-12-4-3-5-13-22/h6-11H,2-5,12-15H2,1H3. The third-order valence-electron chi connectivity index (χ3n) is 4.21. The van der Waals surface area contributed by atoms with Crippen molar-refractivity contribution >= 4 is 11.8 Å². The van der Waals surface area contributed by atoms with Crippen molar-refractivity contribution < 1.29 is 4.74 Å². The zero-order valence-electron chi connectivity index (χ0n) is 14.3. The molecule has 0 spiro atoms. The van der Waals surface area contributed by atoms with Crippen LogP contribution in [0.1, 0.15) is 26.2 Å². The monoisotopic (exact) mass is 343 g/mol. The highest BCUT2D eigenvalue weighted by Gasteiger charge is 2.09. The van der Waals surface area contributed by atoms with Crippen molar-refractivity contribution in [2.75, 3.05) is 32.0 Å². The van der Waals surface area contributed by atoms with Crippen LogP contribution in [0.25, 0.3) is 11.3 Å². The average molecular weight is 343 g/mol. The molecule has 0 saturated carbocycles. The van der Waals surface area contributed by atoms with Gasteiger partial charge in [-0.3, -0.25) is 0 Å². The summed E-state index contributed by atoms with van der Waals surface area (Å²) in [5.74, 6) is 1.97. The molecule has 1 fully saturated rings. The van der Waals surface area contributed by atoms with E-state index < -0.39 is 0 Å². The molecule has 2 aromatic rings. The summed E-state index contributed by atoms with van der Waals surface area (Å²) < 4.78 is 5.47. The van der Waals surface area contributed by atoms with Crippen LogP contribution in [0.2, 0.25) is 0 Å². The van der Waals surface area contributed by atoms with Crippen molar-refractivity contribution in [1.82, 2.24) is 15.1 Å². The van der Waals surface area contributed by atoms with Gasteiger partial charge >= 0.3 is 0 Å². The summed E-state index contributed by atoms with van der Waals surface area (Å²) in [7, 11) is 0. The van der Waals surface area contributed by atoms with Gasteiger partial charge in [-0.2, -0.15) is 0 Å². The lowest BCUT2D eigenvalue weighted by Crippen LogP contribution is -2.31. The molecule has 0 amide bonds. The minimum atomic E-state index is 0.683. The molecule has 24 heavy (non-hydrogen) atoms. The zero-order chi connectivity index (χ0) is 16.6. The second-order valence-corrected chi connectivity index (χ2v) is 7.08. The number of rotatable bonds is 7. The van der Waals surface area contributed by atoms with Crippen LogP contribution in [-0.4, -0.2) is 47.1 Å². The molecule has 1 saturated heterocycles. The summed E-state index contributed by atoms with van der Waals surface area (Å²) in [6.07, 6.45) is 4.09. The van der Waals surface area contributed by atoms with Gasteiger partial charge < -0.3 is 9.64 Å². The SMILES string of the molecule is CCOc1ccc(-c2ccc(SCCN3CCCCC3)nn2)cc1. The Morgan fingerprint density at radius 1 is 1.00 bits per heavy atom. The number of nitrogens with zero attached hydrogens (tertiary/aromatic N) is 3. The van der Waals surface area contributed by atoms with Gasteiger partial charge in [0.25, 0.3) is 0 Å². The first-order valence-corrected chi connectivity index (χ1v) is 9.76. The molecule has 1 aromatic carbocycles. The molecule has 1 aromatic heterocycles. The minimum absolute atomic E-state index is 0.683. The maximum atomic E-state index is 5.47. The Morgan fingerprint density at radius 2 is 1.79 bits per heavy atom. The van der Waals surface area contributed by atoms with E-state index in [1.54, 1.807) is 11.8 Å². The zero-order valence-corrected chi connectivity index (χ0v) is 15.1. The first-order valence-electron chi connectivity index (χ1n) is 8.77. The van der Waals surface area contributed by atoms with Crippen LogP contribution in [0.3, 0.4) is 0 Å². The van der Waals surface area contributed by atoms with Crippen molar-refractivity contribution in [3.63, 3.8) is 0 Å². The Bertz CT molecular complexity index is 610. The number of aromatic nitrogens is 2. The van der Waals surface area contributed by atoms with Crippen molar-refractivity contribution in [3.05, 3.63) is 36.4 Å². The van der Waals surface area contributed by atoms with Crippen LogP contribution in [0.15, 0.2) is 41.4 Å². The van der Waals surface area contributed by atoms with Gasteiger partial charge in [0.2, 0.25) is 0 Å². The molecule has 3 rings (SSSR count). The lowest BCUT2D eigenvalue weighted by molar-refractivity contribution is 0.242. The number of ether oxygens (including phenoxy) is 1. The Labute approximate surface area is 148 Å². The third kappa shape index (κ3) is 4.95. The summed E-state index contributed by atoms with van der Waals surface area (Å²) in [6.45, 7) is 6.32. The summed E-state index contributed by atoms with van der Waals surface area (Å²) in [6, 6.07) is 12.1. The number of hydrogen-bond acceptors (Lipinski definition) is 5. The molecule has 0 unspecified atom stereocenters. The van der Waals surface area contributed by atoms with E-state index in [0.29, 0.717) is 6.61 Å². The van der Waals surface area contributed by atoms with Gasteiger partial charge in [-0.15, -0.1) is 22.0 Å². The number of benzene rings is 1. The third-order valence-corrected chi connectivity index (χ3v) is 5.11. The van der Waals surface area contributed by atoms with E-state index in [4.69, 9.17) is 4.74 Å². The smallest absolute Gasteiger partial charge is 0.119 e. The quantitative estimate of drug-likeness (QED) is 0.707. The molecular formula is C19H25N3OS. The molecule has 0 atom stereocenters. The maximum Gasteiger partial charge on any atom is 0.119 e. The van der Waals surface area contributed by atoms with E-state index >= 15 is 0 Å². The summed E-state index contributed by atoms with van der Waals surface area (Å²) >= 11 is 1.79. The molecule has 0 aliphatic carbocycles. The molecule has 2 heterocycles. The highest BCUT2D eigenvalue weighted by molar-refractivity contribution is 7.99. The van der Waals surface area contributed by atoms with E-state index in [9.17, 15) is 0 Å². The Kier molecular flexibility index (Phi) is 6.49. The van der Waals surface area contributed by atoms with Gasteiger partial charge in [0.1, 0.15) is 10.8 Å². The molecule has 0 radical (unpaired) electrons. The fraction of sp³-hybridized carbons (Fsp3) is 0.474. The fourth-order valence-corrected chi connectivity index (χ4v) is 3.72. The van der Waals surface area contributed by atoms with Crippen LogP contribution in [0, 0.1) is 0 Å². The molecule has 0 bridgehead atoms. The largest absolute Gasteiger partial charge is 0.494 e. The number of likely N-dealkylation sites (tertiary alicyclic amines) is 1. The second kappa shape index (κ2) is 9.04. The summed E-state index contributed by atoms with van der Waals surface area (Å²) in [5.41, 5.74) is 1.97. The lowest BCUT2D eigenvalue weighted by Gasteiger charge is -2.25. The van der Waals surface area contributed by atoms with Gasteiger partial charge in [0.05, 0.1) is 12.3 Å². The topological polar surface area (TPSA) is 38.2 Å². The first kappa shape index (κ1) is 17.2. The van der Waals surface area contributed by atoms with E-state index in [-0.39, 0.29) is 0 Å². The van der Waals surface area contributed by atoms with Crippen LogP contribution < -0.4 is 4.74 Å². The van der Waals surface area contributed by atoms with Gasteiger partial charge in [0.15, 0.2) is 0 Å². The van der Waals surface area contributed by atoms with E-state index in [1.165, 1.54) is 32.4 Å². The second-order valence-electron chi connectivity index (χ2n) is 5.96. The normalized spacial score (nSPS) is 15.4. The molecule has 128 valence electrons. The summed E-state index contributed by atoms with van der Waals surface area (Å²) in [5, 5.41) is 9.73. The van der Waals surface area contributed by atoms with Crippen molar-refractivity contribution in [2.45, 2.75) is 31.2 Å². The molecular weight excluding hydrogens is 318 g/mol. The molecule has 0 N–H and O–H groups in total. The number of hydrogen-bond donors (Lipinski definition) is 0. The van der Waals surface area contributed by atoms with E-state index in [1.807, 2.05) is 37.3 Å². The molecule has 1 aliphatic heterocycles. The highest BCUT2D eigenvalue weighted by atomic mass is 32.2. The fourth-order valence-electron chi connectivity index (χ4n) is 2.90. The van der Waals surface area contributed by atoms with E-state index in [2.05, 4.69) is 21.2 Å². The number of thioether (sulfide) groups is 1. The van der Waals surface area contributed by atoms with Crippen molar-refractivity contribution in [2.24, 2.45) is 0 Å². The summed E-state index contributed by atoms with van der Waals surface area (Å²) in [4.78, 5) is 2.55. The predicted molar refractivity (Wildman–Crippen MR) is 99.7 cm³/mol. The van der Waals surface area contributed by atoms with E-state index in [0.717, 1.165) is 34.3 Å². The van der Waals surface area contributed by atoms with Gasteiger partial charge in [-0.1, -0.05) is 6.42 Å². The predicted octanol–water partition coefficient (Wildman–Crippen LogP) is 4.12. The number of piperidine rings is 1. The van der Waals surface area contributed by atoms with Crippen LogP contribution in [0.5, 0.6) is 5.75 Å². The Morgan fingerprint density at radius 3 is 2.46 bits per heavy atom. The Balaban J connectivity index is 1.51. The van der Waals surface area contributed by atoms with Crippen LogP contribution in [-0.2, 0) is 0 Å². The molecule has 4 nitrogen and oxygen atoms in total. The lowest BCUT2D eigenvalue weighted by atomic mass is 10.1. The molecule has 1 aliphatic rings. The van der Waals surface area contributed by atoms with Gasteiger partial charge in [0, 0.05) is 17.9 Å². The molecule has 5 heteroatoms. The van der Waals surface area contributed by atoms with Crippen LogP contribution in [0.4, 0.5) is 0 Å². The Hall–Kier alpha value is -1.59. The van der Waals surface area contributed by atoms with Crippen LogP contribution >= 0.6 is 11.8 Å². The highest BCUT2D eigenvalue weighted by Crippen LogP contribution is 2.22. The average Bonchev–Trinajstić information content (AvgIpc) is 2.64. The van der Waals surface area contributed by atoms with Gasteiger partial charge in [-0.25, -0.2) is 0 Å². The van der Waals surface area contributed by atoms with Gasteiger partial charge in [-0.05, 0) is 69.3 Å².